The number of hydroxylamine groups is 1. The summed E-state index contributed by atoms with van der Waals surface area (Å²) in [7, 11) is 1.51. The number of carbonyl (C=O) groups is 1. The van der Waals surface area contributed by atoms with Gasteiger partial charge < -0.3 is 14.4 Å². The Bertz CT molecular complexity index is 1170. The van der Waals surface area contributed by atoms with E-state index in [9.17, 15) is 10.0 Å². The molecule has 1 atom stereocenters. The first-order valence-electron chi connectivity index (χ1n) is 7.89. The van der Waals surface area contributed by atoms with Crippen molar-refractivity contribution in [3.05, 3.63) is 69.6 Å². The van der Waals surface area contributed by atoms with Crippen molar-refractivity contribution in [1.82, 2.24) is 4.98 Å². The minimum Gasteiger partial charge on any atom is -0.621 e. The monoisotopic (exact) mass is 402 g/mol. The van der Waals surface area contributed by atoms with Crippen molar-refractivity contribution in [2.24, 2.45) is 0 Å². The summed E-state index contributed by atoms with van der Waals surface area (Å²) in [6, 6.07) is 10.4. The fourth-order valence-corrected chi connectivity index (χ4v) is 3.55. The molecule has 2 heterocycles. The summed E-state index contributed by atoms with van der Waals surface area (Å²) in [4.78, 5) is 16.8. The highest BCUT2D eigenvalue weighted by molar-refractivity contribution is 6.38. The van der Waals surface area contributed by atoms with Crippen LogP contribution in [0.1, 0.15) is 10.4 Å². The first-order chi connectivity index (χ1) is 13.0. The van der Waals surface area contributed by atoms with Crippen LogP contribution in [0.25, 0.3) is 21.9 Å². The van der Waals surface area contributed by atoms with Crippen LogP contribution in [-0.4, -0.2) is 18.0 Å². The van der Waals surface area contributed by atoms with Gasteiger partial charge in [-0.3, -0.25) is 10.0 Å². The lowest BCUT2D eigenvalue weighted by Gasteiger charge is -2.21. The molecular formula is C19H12Cl2N2O4. The topological polar surface area (TPSA) is 79.8 Å². The molecule has 0 bridgehead atoms. The van der Waals surface area contributed by atoms with E-state index in [2.05, 4.69) is 4.98 Å². The molecule has 0 fully saturated rings. The van der Waals surface area contributed by atoms with E-state index in [1.165, 1.54) is 25.6 Å². The summed E-state index contributed by atoms with van der Waals surface area (Å²) in [5.74, 6) is -0.283. The number of aromatic nitrogens is 1. The van der Waals surface area contributed by atoms with Crippen LogP contribution in [0.4, 0.5) is 5.69 Å². The van der Waals surface area contributed by atoms with E-state index in [1.54, 1.807) is 12.1 Å². The van der Waals surface area contributed by atoms with Crippen LogP contribution in [0.2, 0.25) is 10.0 Å². The number of furan rings is 1. The molecule has 0 aliphatic heterocycles. The van der Waals surface area contributed by atoms with E-state index in [0.717, 1.165) is 0 Å². The number of pyridine rings is 1. The van der Waals surface area contributed by atoms with E-state index in [4.69, 9.17) is 32.4 Å². The Kier molecular flexibility index (Phi) is 4.49. The van der Waals surface area contributed by atoms with Gasteiger partial charge in [-0.25, -0.2) is 4.79 Å². The Balaban J connectivity index is 1.95. The van der Waals surface area contributed by atoms with Crippen LogP contribution in [0.5, 0.6) is 5.75 Å². The molecule has 1 unspecified atom stereocenters. The van der Waals surface area contributed by atoms with Crippen molar-refractivity contribution in [1.29, 1.82) is 0 Å². The number of nitrogens with zero attached hydrogens (tertiary/aromatic N) is 1. The van der Waals surface area contributed by atoms with Gasteiger partial charge in [0.1, 0.15) is 15.6 Å². The van der Waals surface area contributed by atoms with Gasteiger partial charge in [-0.15, -0.1) is 0 Å². The molecule has 0 saturated heterocycles. The number of rotatable bonds is 3. The Morgan fingerprint density at radius 1 is 1.15 bits per heavy atom. The number of hydrogen-bond donors (Lipinski definition) is 1. The third kappa shape index (κ3) is 2.83. The highest BCUT2D eigenvalue weighted by Gasteiger charge is 2.27. The zero-order chi connectivity index (χ0) is 19.1. The normalized spacial score (nSPS) is 12.4. The summed E-state index contributed by atoms with van der Waals surface area (Å²) in [5.41, 5.74) is 1.09. The number of nitrogens with one attached hydrogen (secondary N) is 1. The number of benzene rings is 2. The third-order valence-corrected chi connectivity index (χ3v) is 4.81. The Hall–Kier alpha value is -2.64. The molecule has 2 aromatic heterocycles. The molecule has 136 valence electrons. The van der Waals surface area contributed by atoms with Gasteiger partial charge in [-0.2, -0.15) is 0 Å². The van der Waals surface area contributed by atoms with Crippen molar-refractivity contribution >= 4 is 56.7 Å². The van der Waals surface area contributed by atoms with E-state index < -0.39 is 11.0 Å². The zero-order valence-corrected chi connectivity index (χ0v) is 15.5. The molecule has 27 heavy (non-hydrogen) atoms. The van der Waals surface area contributed by atoms with Gasteiger partial charge in [0, 0.05) is 10.8 Å². The fraction of sp³-hybridized carbons (Fsp3) is 0.0526. The van der Waals surface area contributed by atoms with E-state index in [0.29, 0.717) is 27.7 Å². The van der Waals surface area contributed by atoms with Crippen molar-refractivity contribution in [2.45, 2.75) is 0 Å². The lowest BCUT2D eigenvalue weighted by atomic mass is 10.0. The maximum atomic E-state index is 13.0. The second-order valence-corrected chi connectivity index (χ2v) is 6.57. The minimum absolute atomic E-state index is 0.0163. The number of methoxy groups -OCH3 is 1. The van der Waals surface area contributed by atoms with Crippen LogP contribution in [0, 0.1) is 5.21 Å². The van der Waals surface area contributed by atoms with Crippen molar-refractivity contribution < 1.29 is 19.0 Å². The van der Waals surface area contributed by atoms with Gasteiger partial charge in [-0.1, -0.05) is 41.4 Å². The molecule has 4 aromatic rings. The molecule has 0 saturated carbocycles. The number of fused-ring (bicyclic) bond motifs is 3. The highest BCUT2D eigenvalue weighted by Crippen LogP contribution is 2.37. The van der Waals surface area contributed by atoms with Crippen LogP contribution in [0.15, 0.2) is 53.2 Å². The van der Waals surface area contributed by atoms with Gasteiger partial charge >= 0.3 is 5.91 Å². The number of halogens is 2. The van der Waals surface area contributed by atoms with Crippen molar-refractivity contribution in [2.75, 3.05) is 7.11 Å². The number of ether oxygens (including phenoxy) is 1. The molecule has 4 rings (SSSR count). The average molecular weight is 403 g/mol. The lowest BCUT2D eigenvalue weighted by molar-refractivity contribution is -0.679. The summed E-state index contributed by atoms with van der Waals surface area (Å²) in [5, 5.41) is 13.3. The minimum atomic E-state index is -0.816. The SMILES string of the molecule is COc1ccc(C(=O)[NH+]([O-])c2c(Cl)cncc2Cl)c2c1oc1ccccc12. The van der Waals surface area contributed by atoms with Crippen LogP contribution >= 0.6 is 23.2 Å². The maximum absolute atomic E-state index is 13.0. The molecule has 6 nitrogen and oxygen atoms in total. The number of amides is 1. The Morgan fingerprint density at radius 2 is 1.85 bits per heavy atom. The summed E-state index contributed by atoms with van der Waals surface area (Å²) in [6.07, 6.45) is 2.54. The van der Waals surface area contributed by atoms with E-state index >= 15 is 0 Å². The summed E-state index contributed by atoms with van der Waals surface area (Å²) < 4.78 is 11.2. The van der Waals surface area contributed by atoms with Gasteiger partial charge in [0.25, 0.3) is 0 Å². The number of hydrogen-bond acceptors (Lipinski definition) is 5. The Labute approximate surface area is 163 Å². The van der Waals surface area contributed by atoms with Gasteiger partial charge in [0.15, 0.2) is 17.0 Å². The number of quaternary nitrogens is 1. The smallest absolute Gasteiger partial charge is 0.350 e. The largest absolute Gasteiger partial charge is 0.621 e. The van der Waals surface area contributed by atoms with Crippen LogP contribution in [0.3, 0.4) is 0 Å². The standard InChI is InChI=1S/C19H12Cl2N2O4/c1-26-15-7-6-11(16-10-4-2-3-5-14(10)27-18(15)16)19(24)23(25)17-12(20)8-22-9-13(17)21/h2-9,23H,1H3. The summed E-state index contributed by atoms with van der Waals surface area (Å²) >= 11 is 12.1. The van der Waals surface area contributed by atoms with E-state index in [1.807, 2.05) is 18.2 Å². The fourth-order valence-electron chi connectivity index (χ4n) is 3.02. The van der Waals surface area contributed by atoms with Crippen molar-refractivity contribution in [3.63, 3.8) is 0 Å². The van der Waals surface area contributed by atoms with Crippen LogP contribution < -0.4 is 9.80 Å². The highest BCUT2D eigenvalue weighted by atomic mass is 35.5. The zero-order valence-electron chi connectivity index (χ0n) is 14.0. The second kappa shape index (κ2) is 6.83. The predicted octanol–water partition coefficient (Wildman–Crippen LogP) is 4.15. The summed E-state index contributed by atoms with van der Waals surface area (Å²) in [6.45, 7) is 0. The first kappa shape index (κ1) is 17.8. The van der Waals surface area contributed by atoms with Gasteiger partial charge in [0.2, 0.25) is 0 Å². The third-order valence-electron chi connectivity index (χ3n) is 4.24. The average Bonchev–Trinajstić information content (AvgIpc) is 3.06. The number of carbonyl (C=O) groups excluding carboxylic acids is 1. The second-order valence-electron chi connectivity index (χ2n) is 5.75. The Morgan fingerprint density at radius 3 is 2.56 bits per heavy atom. The first-order valence-corrected chi connectivity index (χ1v) is 8.64. The molecule has 1 N–H and O–H groups in total. The molecule has 2 aromatic carbocycles. The molecule has 0 aliphatic rings. The van der Waals surface area contributed by atoms with Crippen LogP contribution in [-0.2, 0) is 0 Å². The molecule has 0 radical (unpaired) electrons. The van der Waals surface area contributed by atoms with Gasteiger partial charge in [0.05, 0.1) is 25.1 Å². The molecular weight excluding hydrogens is 391 g/mol. The maximum Gasteiger partial charge on any atom is 0.350 e. The van der Waals surface area contributed by atoms with E-state index in [-0.39, 0.29) is 21.3 Å². The lowest BCUT2D eigenvalue weighted by Crippen LogP contribution is -3.05. The van der Waals surface area contributed by atoms with Gasteiger partial charge in [-0.05, 0) is 18.2 Å². The predicted molar refractivity (Wildman–Crippen MR) is 103 cm³/mol. The molecule has 0 aliphatic carbocycles. The molecule has 8 heteroatoms. The molecule has 0 spiro atoms. The quantitative estimate of drug-likeness (QED) is 0.520. The molecule has 1 amide bonds. The van der Waals surface area contributed by atoms with Crippen molar-refractivity contribution in [3.8, 4) is 5.75 Å². The number of para-hydroxylation sites is 1.